The molecular weight excluding hydrogens is 687 g/mol. The van der Waals surface area contributed by atoms with Gasteiger partial charge in [-0.2, -0.15) is 0 Å². The van der Waals surface area contributed by atoms with Crippen molar-refractivity contribution in [3.05, 3.63) is 176 Å². The van der Waals surface area contributed by atoms with Crippen LogP contribution in [-0.2, 0) is 0 Å². The maximum absolute atomic E-state index is 6.24. The van der Waals surface area contributed by atoms with Crippen LogP contribution in [0.5, 0.6) is 0 Å². The Balaban J connectivity index is 1.14. The molecule has 6 heteroatoms. The highest BCUT2D eigenvalue weighted by Gasteiger charge is 2.29. The maximum Gasteiger partial charge on any atom is 0.235 e. The molecule has 0 fully saturated rings. The van der Waals surface area contributed by atoms with E-state index in [1.165, 1.54) is 5.39 Å². The van der Waals surface area contributed by atoms with Crippen molar-refractivity contribution in [1.82, 2.24) is 19.1 Å². The van der Waals surface area contributed by atoms with Gasteiger partial charge in [0.25, 0.3) is 0 Å². The zero-order chi connectivity index (χ0) is 36.5. The van der Waals surface area contributed by atoms with E-state index in [0.29, 0.717) is 5.95 Å². The number of furan rings is 1. The minimum atomic E-state index is 0.648. The van der Waals surface area contributed by atoms with Gasteiger partial charge in [-0.15, -0.1) is 0 Å². The van der Waals surface area contributed by atoms with Gasteiger partial charge in [-0.25, -0.2) is 9.97 Å². The molecule has 8 aromatic carbocycles. The summed E-state index contributed by atoms with van der Waals surface area (Å²) in [4.78, 5) is 13.3. The topological polar surface area (TPSA) is 52.0 Å². The van der Waals surface area contributed by atoms with Crippen LogP contribution in [0.4, 0.5) is 17.1 Å². The van der Waals surface area contributed by atoms with E-state index in [1.54, 1.807) is 0 Å². The number of para-hydroxylation sites is 5. The molecule has 6 nitrogen and oxygen atoms in total. The highest BCUT2D eigenvalue weighted by molar-refractivity contribution is 6.26. The Kier molecular flexibility index (Phi) is 5.80. The van der Waals surface area contributed by atoms with E-state index in [9.17, 15) is 0 Å². The smallest absolute Gasteiger partial charge is 0.235 e. The summed E-state index contributed by atoms with van der Waals surface area (Å²) < 4.78 is 10.9. The third kappa shape index (κ3) is 3.89. The second-order valence-corrected chi connectivity index (χ2v) is 14.6. The van der Waals surface area contributed by atoms with Crippen LogP contribution < -0.4 is 4.90 Å². The average Bonchev–Trinajstić information content (AvgIpc) is 3.91. The number of hydrogen-bond acceptors (Lipinski definition) is 4. The Labute approximate surface area is 319 Å². The normalized spacial score (nSPS) is 12.6. The van der Waals surface area contributed by atoms with Crippen LogP contribution >= 0.6 is 0 Å². The molecule has 12 aromatic rings. The Morgan fingerprint density at radius 2 is 1.12 bits per heavy atom. The van der Waals surface area contributed by atoms with Gasteiger partial charge >= 0.3 is 0 Å². The molecule has 0 spiro atoms. The zero-order valence-electron chi connectivity index (χ0n) is 29.9. The van der Waals surface area contributed by atoms with E-state index in [0.717, 1.165) is 105 Å². The molecule has 0 bridgehead atoms. The zero-order valence-corrected chi connectivity index (χ0v) is 29.9. The molecule has 0 atom stereocenters. The second-order valence-electron chi connectivity index (χ2n) is 14.6. The van der Waals surface area contributed by atoms with Crippen molar-refractivity contribution in [3.63, 3.8) is 0 Å². The first kappa shape index (κ1) is 29.7. The minimum Gasteiger partial charge on any atom is -0.456 e. The first-order valence-corrected chi connectivity index (χ1v) is 18.9. The number of benzene rings is 8. The van der Waals surface area contributed by atoms with Crippen LogP contribution in [0.1, 0.15) is 0 Å². The SMILES string of the molecule is c1ccc(N2c3ccccc3-c3nc(-n4c5ccccc5c5ccc6c(c7ccccc7n6-c6ccc7oc8ccccc8c7c6)c54)nc4cccc2c34)cc1. The van der Waals surface area contributed by atoms with Crippen LogP contribution in [0.3, 0.4) is 0 Å². The molecule has 13 rings (SSSR count). The molecule has 0 saturated carbocycles. The molecule has 0 N–H and O–H groups in total. The van der Waals surface area contributed by atoms with Gasteiger partial charge in [0.2, 0.25) is 5.95 Å². The molecule has 0 amide bonds. The molecule has 0 unspecified atom stereocenters. The Bertz CT molecular complexity index is 3610. The second kappa shape index (κ2) is 10.9. The van der Waals surface area contributed by atoms with Crippen LogP contribution in [0, 0.1) is 0 Å². The van der Waals surface area contributed by atoms with Crippen molar-refractivity contribution in [3.8, 4) is 22.9 Å². The fourth-order valence-electron chi connectivity index (χ4n) is 9.34. The van der Waals surface area contributed by atoms with E-state index in [4.69, 9.17) is 14.4 Å². The molecule has 260 valence electrons. The van der Waals surface area contributed by atoms with E-state index < -0.39 is 0 Å². The monoisotopic (exact) mass is 715 g/mol. The summed E-state index contributed by atoms with van der Waals surface area (Å²) in [7, 11) is 0. The quantitative estimate of drug-likeness (QED) is 0.183. The lowest BCUT2D eigenvalue weighted by molar-refractivity contribution is 0.669. The molecule has 0 aliphatic carbocycles. The van der Waals surface area contributed by atoms with E-state index in [1.807, 2.05) is 12.1 Å². The largest absolute Gasteiger partial charge is 0.456 e. The van der Waals surface area contributed by atoms with Crippen molar-refractivity contribution in [2.75, 3.05) is 4.90 Å². The summed E-state index contributed by atoms with van der Waals surface area (Å²) >= 11 is 0. The first-order valence-electron chi connectivity index (χ1n) is 18.9. The van der Waals surface area contributed by atoms with Crippen molar-refractivity contribution >= 4 is 93.5 Å². The van der Waals surface area contributed by atoms with Crippen molar-refractivity contribution in [2.45, 2.75) is 0 Å². The van der Waals surface area contributed by atoms with Gasteiger partial charge in [0, 0.05) is 49.3 Å². The standard InChI is InChI=1S/C50H29N5O/c1-2-13-30(14-3-1)53-41-22-10-6-18-36(41)48-47-38(19-12-23-42(47)53)51-50(52-48)55-39-20-8-4-15-32(39)34-26-27-43-46(49(34)55)35-17-5-9-21-40(35)54(43)31-25-28-45-37(29-31)33-16-7-11-24-44(33)56-45/h1-29H. The van der Waals surface area contributed by atoms with Crippen LogP contribution in [0.2, 0.25) is 0 Å². The number of fused-ring (bicyclic) bond motifs is 12. The lowest BCUT2D eigenvalue weighted by Gasteiger charge is -2.32. The van der Waals surface area contributed by atoms with Gasteiger partial charge in [0.15, 0.2) is 0 Å². The number of rotatable bonds is 3. The highest BCUT2D eigenvalue weighted by Crippen LogP contribution is 2.50. The van der Waals surface area contributed by atoms with Gasteiger partial charge in [-0.3, -0.25) is 4.57 Å². The minimum absolute atomic E-state index is 0.648. The molecular formula is C50H29N5O. The Morgan fingerprint density at radius 3 is 2.02 bits per heavy atom. The Morgan fingerprint density at radius 1 is 0.411 bits per heavy atom. The molecule has 1 aliphatic rings. The average molecular weight is 716 g/mol. The summed E-state index contributed by atoms with van der Waals surface area (Å²) in [6, 6.07) is 62.3. The van der Waals surface area contributed by atoms with E-state index in [-0.39, 0.29) is 0 Å². The molecule has 4 aromatic heterocycles. The van der Waals surface area contributed by atoms with E-state index in [2.05, 4.69) is 178 Å². The van der Waals surface area contributed by atoms with Crippen LogP contribution in [-0.4, -0.2) is 19.1 Å². The van der Waals surface area contributed by atoms with Crippen molar-refractivity contribution < 1.29 is 4.42 Å². The molecule has 1 aliphatic heterocycles. The number of anilines is 3. The third-order valence-electron chi connectivity index (χ3n) is 11.6. The lowest BCUT2D eigenvalue weighted by Crippen LogP contribution is -2.16. The molecule has 0 saturated heterocycles. The summed E-state index contributed by atoms with van der Waals surface area (Å²) in [5.74, 6) is 0.648. The summed E-state index contributed by atoms with van der Waals surface area (Å²) in [6.45, 7) is 0. The predicted molar refractivity (Wildman–Crippen MR) is 229 cm³/mol. The fraction of sp³-hybridized carbons (Fsp3) is 0. The molecule has 56 heavy (non-hydrogen) atoms. The van der Waals surface area contributed by atoms with E-state index >= 15 is 0 Å². The number of aromatic nitrogens is 4. The third-order valence-corrected chi connectivity index (χ3v) is 11.6. The summed E-state index contributed by atoms with van der Waals surface area (Å²) in [6.07, 6.45) is 0. The van der Waals surface area contributed by atoms with Crippen molar-refractivity contribution in [1.29, 1.82) is 0 Å². The number of hydrogen-bond donors (Lipinski definition) is 0. The van der Waals surface area contributed by atoms with Crippen LogP contribution in [0.25, 0.3) is 99.3 Å². The predicted octanol–water partition coefficient (Wildman–Crippen LogP) is 13.2. The van der Waals surface area contributed by atoms with Gasteiger partial charge in [0.1, 0.15) is 11.2 Å². The number of nitrogens with zero attached hydrogens (tertiary/aromatic N) is 5. The maximum atomic E-state index is 6.24. The van der Waals surface area contributed by atoms with Crippen molar-refractivity contribution in [2.24, 2.45) is 0 Å². The molecule has 5 heterocycles. The van der Waals surface area contributed by atoms with Gasteiger partial charge in [-0.05, 0) is 72.8 Å². The van der Waals surface area contributed by atoms with Crippen LogP contribution in [0.15, 0.2) is 180 Å². The highest BCUT2D eigenvalue weighted by atomic mass is 16.3. The van der Waals surface area contributed by atoms with Gasteiger partial charge in [0.05, 0.1) is 50.0 Å². The summed E-state index contributed by atoms with van der Waals surface area (Å²) in [5.41, 5.74) is 13.4. The van der Waals surface area contributed by atoms with Gasteiger partial charge in [-0.1, -0.05) is 103 Å². The fourth-order valence-corrected chi connectivity index (χ4v) is 9.34. The van der Waals surface area contributed by atoms with Gasteiger partial charge < -0.3 is 13.9 Å². The summed E-state index contributed by atoms with van der Waals surface area (Å²) in [5, 5.41) is 7.91. The molecule has 0 radical (unpaired) electrons. The lowest BCUT2D eigenvalue weighted by atomic mass is 9.96. The first-order chi connectivity index (χ1) is 27.8. The Hall–Kier alpha value is -7.70.